The maximum absolute atomic E-state index is 2.61. The molecule has 8 aromatic carbocycles. The third-order valence-corrected chi connectivity index (χ3v) is 20.9. The first-order valence-electron chi connectivity index (χ1n) is 20.2. The van der Waals surface area contributed by atoms with E-state index in [1.54, 1.807) is 20.7 Å². The minimum atomic E-state index is -1.89. The Morgan fingerprint density at radius 1 is 0.352 bits per heavy atom. The quantitative estimate of drug-likeness (QED) is 0.151. The molecule has 0 nitrogen and oxygen atoms in total. The summed E-state index contributed by atoms with van der Waals surface area (Å²) in [6, 6.07) is 52.9. The third-order valence-electron chi connectivity index (χ3n) is 13.7. The molecule has 0 N–H and O–H groups in total. The van der Waals surface area contributed by atoms with E-state index in [0.717, 1.165) is 0 Å². The monoisotopic (exact) mass is 726 g/mol. The Labute approximate surface area is 324 Å². The molecule has 10 rings (SSSR count). The Morgan fingerprint density at radius 3 is 0.926 bits per heavy atom. The van der Waals surface area contributed by atoms with Gasteiger partial charge in [0.2, 0.25) is 13.4 Å². The van der Waals surface area contributed by atoms with Gasteiger partial charge in [0.25, 0.3) is 0 Å². The molecular formula is C50H48B2Si2. The minimum Gasteiger partial charge on any atom is -0.0689 e. The van der Waals surface area contributed by atoms with Gasteiger partial charge < -0.3 is 0 Å². The summed E-state index contributed by atoms with van der Waals surface area (Å²) >= 11 is 0. The average molecular weight is 727 g/mol. The van der Waals surface area contributed by atoms with Gasteiger partial charge in [-0.1, -0.05) is 241 Å². The van der Waals surface area contributed by atoms with Crippen LogP contribution in [0.15, 0.2) is 133 Å². The van der Waals surface area contributed by atoms with Crippen LogP contribution in [0.3, 0.4) is 0 Å². The minimum absolute atomic E-state index is 0.188. The standard InChI is InChI=1S/C50H48B2Si2/c1-31(2)37-29-43(51-39-17-9-13-21-45(39)53(5,6)46-22-14-10-18-40(46)51)35-28-26-34-38(32(3)4)30-44(36-27-25-33(37)49(35)50(34)36)52-41-19-11-15-23-47(41)54(7,8)48-24-16-12-20-42(48)52/h9-32H,1-8H3. The van der Waals surface area contributed by atoms with Crippen molar-refractivity contribution in [3.05, 3.63) is 145 Å². The highest BCUT2D eigenvalue weighted by molar-refractivity contribution is 7.15. The van der Waals surface area contributed by atoms with Crippen LogP contribution in [-0.4, -0.2) is 29.6 Å². The van der Waals surface area contributed by atoms with Crippen LogP contribution in [0.1, 0.15) is 50.7 Å². The van der Waals surface area contributed by atoms with Crippen LogP contribution < -0.4 is 53.5 Å². The Balaban J connectivity index is 1.35. The average Bonchev–Trinajstić information content (AvgIpc) is 3.17. The Hall–Kier alpha value is -4.64. The van der Waals surface area contributed by atoms with Crippen molar-refractivity contribution in [3.63, 3.8) is 0 Å². The predicted molar refractivity (Wildman–Crippen MR) is 247 cm³/mol. The van der Waals surface area contributed by atoms with Crippen LogP contribution in [0.5, 0.6) is 0 Å². The molecular weight excluding hydrogens is 678 g/mol. The lowest BCUT2D eigenvalue weighted by Crippen LogP contribution is -2.76. The lowest BCUT2D eigenvalue weighted by molar-refractivity contribution is 0.877. The van der Waals surface area contributed by atoms with E-state index in [4.69, 9.17) is 0 Å². The van der Waals surface area contributed by atoms with Gasteiger partial charge in [-0.15, -0.1) is 0 Å². The summed E-state index contributed by atoms with van der Waals surface area (Å²) in [7, 11) is -3.77. The zero-order valence-corrected chi connectivity index (χ0v) is 35.0. The van der Waals surface area contributed by atoms with Crippen LogP contribution in [-0.2, 0) is 0 Å². The number of rotatable bonds is 4. The lowest BCUT2D eigenvalue weighted by atomic mass is 9.35. The SMILES string of the molecule is CC(C)c1cc(B2c3ccccc3[Si](C)(C)c3ccccc32)c2ccc3c(C(C)C)cc(B4c5ccccc5[Si](C)(C)c5ccccc54)c4ccc1c2c43. The predicted octanol–water partition coefficient (Wildman–Crippen LogP) is 6.14. The van der Waals surface area contributed by atoms with Crippen molar-refractivity contribution in [2.24, 2.45) is 0 Å². The molecule has 0 aliphatic carbocycles. The van der Waals surface area contributed by atoms with Crippen molar-refractivity contribution in [3.8, 4) is 0 Å². The van der Waals surface area contributed by atoms with E-state index < -0.39 is 16.1 Å². The van der Waals surface area contributed by atoms with Crippen molar-refractivity contribution in [2.45, 2.75) is 65.7 Å². The van der Waals surface area contributed by atoms with Crippen LogP contribution in [0.25, 0.3) is 32.3 Å². The van der Waals surface area contributed by atoms with Crippen LogP contribution in [0, 0.1) is 0 Å². The van der Waals surface area contributed by atoms with Crippen molar-refractivity contribution in [2.75, 3.05) is 0 Å². The molecule has 0 bridgehead atoms. The lowest BCUT2D eigenvalue weighted by Gasteiger charge is -2.38. The third kappa shape index (κ3) is 4.56. The van der Waals surface area contributed by atoms with E-state index in [0.29, 0.717) is 11.8 Å². The maximum Gasteiger partial charge on any atom is 0.241 e. The molecule has 0 unspecified atom stereocenters. The van der Waals surface area contributed by atoms with Gasteiger partial charge in [0.1, 0.15) is 16.1 Å². The molecule has 0 atom stereocenters. The van der Waals surface area contributed by atoms with Crippen molar-refractivity contribution in [1.82, 2.24) is 0 Å². The fraction of sp³-hybridized carbons (Fsp3) is 0.200. The second-order valence-corrected chi connectivity index (χ2v) is 26.6. The molecule has 2 aliphatic rings. The molecule has 0 amide bonds. The molecule has 2 heterocycles. The second-order valence-electron chi connectivity index (χ2n) is 18.0. The highest BCUT2D eigenvalue weighted by Gasteiger charge is 2.43. The highest BCUT2D eigenvalue weighted by Crippen LogP contribution is 2.40. The van der Waals surface area contributed by atoms with E-state index in [2.05, 4.69) is 187 Å². The molecule has 0 aromatic heterocycles. The molecule has 0 saturated heterocycles. The Morgan fingerprint density at radius 2 is 0.630 bits per heavy atom. The van der Waals surface area contributed by atoms with Gasteiger partial charge in [-0.05, 0) is 55.3 Å². The number of hydrogen-bond donors (Lipinski definition) is 0. The zero-order valence-electron chi connectivity index (χ0n) is 33.0. The Bertz CT molecular complexity index is 2520. The van der Waals surface area contributed by atoms with E-state index in [1.165, 1.54) is 76.2 Å². The van der Waals surface area contributed by atoms with Gasteiger partial charge in [-0.2, -0.15) is 0 Å². The second kappa shape index (κ2) is 11.9. The summed E-state index contributed by atoms with van der Waals surface area (Å²) in [5, 5.41) is 14.9. The maximum atomic E-state index is 2.61. The van der Waals surface area contributed by atoms with E-state index >= 15 is 0 Å². The van der Waals surface area contributed by atoms with Gasteiger partial charge in [0, 0.05) is 0 Å². The summed E-state index contributed by atoms with van der Waals surface area (Å²) in [5.41, 5.74) is 11.9. The smallest absolute Gasteiger partial charge is 0.0689 e. The van der Waals surface area contributed by atoms with Gasteiger partial charge in [-0.25, -0.2) is 0 Å². The normalized spacial score (nSPS) is 15.6. The molecule has 2 aliphatic heterocycles. The van der Waals surface area contributed by atoms with Crippen LogP contribution in [0.4, 0.5) is 0 Å². The molecule has 0 spiro atoms. The molecule has 8 aromatic rings. The first-order chi connectivity index (χ1) is 26.0. The van der Waals surface area contributed by atoms with Crippen LogP contribution in [0.2, 0.25) is 26.2 Å². The number of fused-ring (bicyclic) bond motifs is 4. The molecule has 54 heavy (non-hydrogen) atoms. The number of benzene rings is 8. The van der Waals surface area contributed by atoms with E-state index in [1.807, 2.05) is 0 Å². The van der Waals surface area contributed by atoms with Gasteiger partial charge in [-0.3, -0.25) is 0 Å². The summed E-state index contributed by atoms with van der Waals surface area (Å²) in [6.45, 7) is 20.1. The molecule has 0 saturated carbocycles. The largest absolute Gasteiger partial charge is 0.241 e. The van der Waals surface area contributed by atoms with Crippen LogP contribution >= 0.6 is 0 Å². The molecule has 262 valence electrons. The fourth-order valence-corrected chi connectivity index (χ4v) is 17.5. The zero-order chi connectivity index (χ0) is 37.3. The van der Waals surface area contributed by atoms with E-state index in [9.17, 15) is 0 Å². The van der Waals surface area contributed by atoms with Gasteiger partial charge in [0.05, 0.1) is 0 Å². The first kappa shape index (κ1) is 33.9. The Kier molecular flexibility index (Phi) is 7.49. The molecule has 0 fully saturated rings. The van der Waals surface area contributed by atoms with Crippen molar-refractivity contribution < 1.29 is 0 Å². The molecule has 4 heteroatoms. The molecule has 0 radical (unpaired) electrons. The summed E-state index contributed by atoms with van der Waals surface area (Å²) in [6.07, 6.45) is 0. The summed E-state index contributed by atoms with van der Waals surface area (Å²) in [4.78, 5) is 0. The summed E-state index contributed by atoms with van der Waals surface area (Å²) in [5.74, 6) is 0.781. The van der Waals surface area contributed by atoms with Crippen molar-refractivity contribution >= 4 is 115 Å². The van der Waals surface area contributed by atoms with Crippen molar-refractivity contribution in [1.29, 1.82) is 0 Å². The van der Waals surface area contributed by atoms with E-state index in [-0.39, 0.29) is 13.4 Å². The van der Waals surface area contributed by atoms with Gasteiger partial charge >= 0.3 is 0 Å². The first-order valence-corrected chi connectivity index (χ1v) is 26.2. The topological polar surface area (TPSA) is 0 Å². The number of hydrogen-bond acceptors (Lipinski definition) is 0. The highest BCUT2D eigenvalue weighted by atomic mass is 28.3. The fourth-order valence-electron chi connectivity index (χ4n) is 11.1. The van der Waals surface area contributed by atoms with Gasteiger partial charge in [0.15, 0.2) is 0 Å². The summed E-state index contributed by atoms with van der Waals surface area (Å²) < 4.78 is 0.